The van der Waals surface area contributed by atoms with Crippen LogP contribution in [0.2, 0.25) is 0 Å². The second-order valence-electron chi connectivity index (χ2n) is 4.42. The zero-order valence-electron chi connectivity index (χ0n) is 18.7. The molecule has 0 N–H and O–H groups in total. The van der Waals surface area contributed by atoms with Crippen LogP contribution in [0.4, 0.5) is 0 Å². The van der Waals surface area contributed by atoms with E-state index in [4.69, 9.17) is 4.79 Å². The van der Waals surface area contributed by atoms with Crippen LogP contribution in [0.5, 0.6) is 0 Å². The quantitative estimate of drug-likeness (QED) is 0.183. The number of ketones is 5. The molecule has 0 aromatic rings. The molecule has 16 nitrogen and oxygen atoms in total. The molecular weight excluding hydrogens is 845 g/mol. The summed E-state index contributed by atoms with van der Waals surface area (Å²) in [5.41, 5.74) is 0. The molecule has 0 atom stereocenters. The van der Waals surface area contributed by atoms with Crippen molar-refractivity contribution in [3.63, 3.8) is 0 Å². The number of carboxylic acids is 5. The van der Waals surface area contributed by atoms with Crippen LogP contribution in [-0.2, 0) is 93.0 Å². The number of carboxylic acid groups (broad SMARTS) is 5. The fourth-order valence-electron chi connectivity index (χ4n) is 0. The topological polar surface area (TPSA) is 303 Å². The monoisotopic (exact) mass is 864 g/mol. The van der Waals surface area contributed by atoms with Crippen LogP contribution in [0.15, 0.2) is 0 Å². The first-order valence-corrected chi connectivity index (χ1v) is 7.52. The van der Waals surface area contributed by atoms with Gasteiger partial charge in [0.2, 0.25) is 0 Å². The fourth-order valence-corrected chi connectivity index (χ4v) is 0. The Labute approximate surface area is 224 Å². The summed E-state index contributed by atoms with van der Waals surface area (Å²) in [4.78, 5) is 102. The number of rotatable bonds is 5. The van der Waals surface area contributed by atoms with Gasteiger partial charge in [0.15, 0.2) is 28.9 Å². The second kappa shape index (κ2) is 35.3. The van der Waals surface area contributed by atoms with E-state index in [-0.39, 0.29) is 40.2 Å². The Hall–Kier alpha value is -3.33. The predicted molar refractivity (Wildman–Crippen MR) is 89.8 cm³/mol. The van der Waals surface area contributed by atoms with Crippen molar-refractivity contribution < 1.29 is 118 Å². The zero-order chi connectivity index (χ0) is 28.5. The molecule has 0 unspecified atom stereocenters. The van der Waals surface area contributed by atoms with Crippen molar-refractivity contribution in [1.82, 2.24) is 0 Å². The van der Waals surface area contributed by atoms with Gasteiger partial charge in [0.25, 0.3) is 0 Å². The summed E-state index contributed by atoms with van der Waals surface area (Å²) in [5.74, 6) is -12.8. The summed E-state index contributed by atoms with van der Waals surface area (Å²) < 4.78 is 0. The number of carbonyl (C=O) groups is 10. The molecule has 18 heteroatoms. The van der Waals surface area contributed by atoms with E-state index >= 15 is 0 Å². The zero-order valence-corrected chi connectivity index (χ0v) is 23.5. The maximum Gasteiger partial charge on any atom is 3.00 e. The van der Waals surface area contributed by atoms with Gasteiger partial charge in [0.1, 0.15) is 29.8 Å². The fraction of sp³-hybridized carbons (Fsp3) is 0.353. The number of carbonyl (C=O) groups excluding carboxylic acids is 11. The molecule has 0 aliphatic carbocycles. The number of Topliss-reactive ketones (excluding diaryl/α,β-unsaturated/α-hetero) is 5. The van der Waals surface area contributed by atoms with Crippen LogP contribution in [0.1, 0.15) is 41.5 Å². The molecule has 0 heterocycles. The van der Waals surface area contributed by atoms with Crippen LogP contribution in [-0.4, -0.2) is 65.0 Å². The third-order valence-electron chi connectivity index (χ3n) is 1.44. The van der Waals surface area contributed by atoms with Gasteiger partial charge in [0.05, 0.1) is 0 Å². The van der Waals surface area contributed by atoms with Gasteiger partial charge in [-0.1, -0.05) is 0 Å². The van der Waals surface area contributed by atoms with Crippen molar-refractivity contribution in [3.05, 3.63) is 0 Å². The van der Waals surface area contributed by atoms with Crippen molar-refractivity contribution in [2.75, 3.05) is 0 Å². The molecule has 0 aliphatic rings. The van der Waals surface area contributed by atoms with E-state index in [1.165, 1.54) is 13.2 Å². The van der Waals surface area contributed by atoms with E-state index < -0.39 is 58.8 Å². The van der Waals surface area contributed by atoms with Gasteiger partial charge in [-0.05, 0) is 0 Å². The first-order chi connectivity index (χ1) is 14.6. The smallest absolute Gasteiger partial charge is 0.542 e. The minimum absolute atomic E-state index is 0. The van der Waals surface area contributed by atoms with Gasteiger partial charge in [-0.2, -0.15) is 6.92 Å². The van der Waals surface area contributed by atoms with Crippen LogP contribution in [0.25, 0.3) is 0 Å². The number of hydrogen-bond donors (Lipinski definition) is 0. The third-order valence-corrected chi connectivity index (χ3v) is 1.44. The Morgan fingerprint density at radius 1 is 0.400 bits per heavy atom. The van der Waals surface area contributed by atoms with Crippen molar-refractivity contribution in [2.45, 2.75) is 41.5 Å². The van der Waals surface area contributed by atoms with Gasteiger partial charge in [-0.25, -0.2) is 0 Å². The molecular formula is C17H18Ir2O16. The summed E-state index contributed by atoms with van der Waals surface area (Å²) in [6.07, 6.45) is 1.50. The van der Waals surface area contributed by atoms with Crippen molar-refractivity contribution in [1.29, 1.82) is 0 Å². The third kappa shape index (κ3) is 90.7. The minimum Gasteiger partial charge on any atom is -0.542 e. The molecule has 0 spiro atoms. The van der Waals surface area contributed by atoms with Gasteiger partial charge in [0, 0.05) is 34.6 Å². The molecule has 0 saturated carbocycles. The summed E-state index contributed by atoms with van der Waals surface area (Å²) in [6.45, 7) is 6.02. The van der Waals surface area contributed by atoms with Crippen molar-refractivity contribution in [2.24, 2.45) is 0 Å². The summed E-state index contributed by atoms with van der Waals surface area (Å²) in [6, 6.07) is 0. The predicted octanol–water partition coefficient (Wildman–Crippen LogP) is -8.26. The average molecular weight is 863 g/mol. The molecule has 0 fully saturated rings. The first-order valence-electron chi connectivity index (χ1n) is 7.52. The van der Waals surface area contributed by atoms with Gasteiger partial charge in [-0.15, -0.1) is 0 Å². The van der Waals surface area contributed by atoms with E-state index in [1.807, 2.05) is 0 Å². The molecule has 0 radical (unpaired) electrons. The van der Waals surface area contributed by atoms with E-state index in [0.29, 0.717) is 0 Å². The SMILES string of the molecule is CC(=O)C(=O)[O-].CC(=O)C(=O)[O-].CC(=O)C(=O)[O-].CC(=O)C(=O)[O-].CC(=O)C(=O)[O-].C[C-]=O.[Ir+3].[Ir+3]. The van der Waals surface area contributed by atoms with Crippen molar-refractivity contribution >= 4 is 65.0 Å². The molecule has 0 saturated heterocycles. The maximum atomic E-state index is 9.48. The van der Waals surface area contributed by atoms with E-state index in [0.717, 1.165) is 34.6 Å². The molecule has 0 amide bonds. The second-order valence-corrected chi connectivity index (χ2v) is 4.42. The average Bonchev–Trinajstić information content (AvgIpc) is 2.63. The molecule has 0 aromatic heterocycles. The molecule has 0 aliphatic heterocycles. The Balaban J connectivity index is -0.0000000416. The molecule has 200 valence electrons. The van der Waals surface area contributed by atoms with E-state index in [2.05, 4.69) is 0 Å². The van der Waals surface area contributed by atoms with E-state index in [1.54, 1.807) is 0 Å². The summed E-state index contributed by atoms with van der Waals surface area (Å²) >= 11 is 0. The Bertz CT molecular complexity index is 556. The normalized spacial score (nSPS) is 6.80. The van der Waals surface area contributed by atoms with Gasteiger partial charge in [-0.3, -0.25) is 30.3 Å². The molecule has 0 rings (SSSR count). The van der Waals surface area contributed by atoms with Gasteiger partial charge >= 0.3 is 40.2 Å². The van der Waals surface area contributed by atoms with Gasteiger partial charge < -0.3 is 54.3 Å². The number of hydrogen-bond acceptors (Lipinski definition) is 16. The first kappa shape index (κ1) is 53.2. The molecule has 0 bridgehead atoms. The summed E-state index contributed by atoms with van der Waals surface area (Å²) in [5, 5.41) is 46.2. The standard InChI is InChI=1S/5C3H4O3.C2H3O.2Ir/c5*1-2(4)3(5)6;1-2-3;;/h5*1H3,(H,5,6);1H3;;/q;;;;;-1;2*+3/p-5. The Morgan fingerprint density at radius 3 is 0.429 bits per heavy atom. The largest absolute Gasteiger partial charge is 3.00 e. The van der Waals surface area contributed by atoms with Crippen LogP contribution < -0.4 is 25.5 Å². The van der Waals surface area contributed by atoms with Crippen LogP contribution in [0, 0.1) is 0 Å². The van der Waals surface area contributed by atoms with Crippen LogP contribution in [0.3, 0.4) is 0 Å². The molecule has 0 aromatic carbocycles. The minimum atomic E-state index is -1.63. The van der Waals surface area contributed by atoms with Crippen molar-refractivity contribution in [3.8, 4) is 0 Å². The maximum absolute atomic E-state index is 9.48. The Morgan fingerprint density at radius 2 is 0.429 bits per heavy atom. The van der Waals surface area contributed by atoms with E-state index in [9.17, 15) is 73.5 Å². The Kier molecular flexibility index (Phi) is 53.6. The molecule has 35 heavy (non-hydrogen) atoms. The van der Waals surface area contributed by atoms with Crippen LogP contribution >= 0.6 is 0 Å². The number of aliphatic carboxylic acids is 5. The summed E-state index contributed by atoms with van der Waals surface area (Å²) in [7, 11) is 0.